The minimum absolute atomic E-state index is 0.343. The van der Waals surface area contributed by atoms with Gasteiger partial charge in [0.15, 0.2) is 0 Å². The zero-order chi connectivity index (χ0) is 12.3. The molecule has 0 aromatic heterocycles. The second kappa shape index (κ2) is 5.46. The Hall–Kier alpha value is -1.15. The Bertz CT molecular complexity index is 394. The number of benzene rings is 1. The molecule has 1 saturated carbocycles. The summed E-state index contributed by atoms with van der Waals surface area (Å²) in [4.78, 5) is 4.19. The van der Waals surface area contributed by atoms with E-state index < -0.39 is 0 Å². The topological polar surface area (TPSA) is 32.6 Å². The summed E-state index contributed by atoms with van der Waals surface area (Å²) in [5, 5.41) is 9.16. The lowest BCUT2D eigenvalue weighted by atomic mass is 9.95. The molecule has 17 heavy (non-hydrogen) atoms. The third-order valence-electron chi connectivity index (χ3n) is 3.93. The van der Waals surface area contributed by atoms with Crippen LogP contribution in [-0.4, -0.2) is 24.5 Å². The van der Waals surface area contributed by atoms with Crippen molar-refractivity contribution in [3.63, 3.8) is 0 Å². The normalized spacial score (nSPS) is 25.2. The molecule has 2 atom stereocenters. The average Bonchev–Trinajstić information content (AvgIpc) is 2.87. The van der Waals surface area contributed by atoms with Gasteiger partial charge in [-0.3, -0.25) is 4.99 Å². The predicted molar refractivity (Wildman–Crippen MR) is 71.7 cm³/mol. The molecule has 2 nitrogen and oxygen atoms in total. The molecule has 2 rings (SSSR count). The number of hydrogen-bond acceptors (Lipinski definition) is 2. The van der Waals surface area contributed by atoms with E-state index >= 15 is 0 Å². The van der Waals surface area contributed by atoms with E-state index in [4.69, 9.17) is 5.11 Å². The Kier molecular flexibility index (Phi) is 3.95. The van der Waals surface area contributed by atoms with E-state index in [1.807, 2.05) is 14.0 Å². The van der Waals surface area contributed by atoms with Gasteiger partial charge in [-0.2, -0.15) is 0 Å². The van der Waals surface area contributed by atoms with E-state index in [1.165, 1.54) is 24.0 Å². The first-order valence-corrected chi connectivity index (χ1v) is 6.39. The van der Waals surface area contributed by atoms with Gasteiger partial charge in [0.2, 0.25) is 0 Å². The maximum atomic E-state index is 9.16. The first kappa shape index (κ1) is 12.3. The van der Waals surface area contributed by atoms with Crippen molar-refractivity contribution in [3.05, 3.63) is 35.4 Å². The zero-order valence-electron chi connectivity index (χ0n) is 10.7. The van der Waals surface area contributed by atoms with Gasteiger partial charge in [-0.15, -0.1) is 0 Å². The molecule has 0 saturated heterocycles. The highest BCUT2D eigenvalue weighted by atomic mass is 16.3. The maximum Gasteiger partial charge on any atom is 0.0459 e. The molecule has 1 N–H and O–H groups in total. The van der Waals surface area contributed by atoms with Crippen LogP contribution in [0.1, 0.15) is 43.2 Å². The highest BCUT2D eigenvalue weighted by molar-refractivity contribution is 5.98. The number of aliphatic imine (C=N–C) groups is 1. The van der Waals surface area contributed by atoms with Gasteiger partial charge in [-0.25, -0.2) is 0 Å². The lowest BCUT2D eigenvalue weighted by molar-refractivity contribution is 0.229. The SMILES string of the molecule is C/N=C(\C)c1ccc([C@@H]2CC[C@H](CO)C2)cc1. The van der Waals surface area contributed by atoms with Gasteiger partial charge in [0.05, 0.1) is 0 Å². The summed E-state index contributed by atoms with van der Waals surface area (Å²) in [7, 11) is 1.83. The monoisotopic (exact) mass is 231 g/mol. The highest BCUT2D eigenvalue weighted by Gasteiger charge is 2.24. The molecule has 0 aliphatic heterocycles. The average molecular weight is 231 g/mol. The van der Waals surface area contributed by atoms with E-state index in [1.54, 1.807) is 0 Å². The Balaban J connectivity index is 2.08. The Morgan fingerprint density at radius 2 is 2.00 bits per heavy atom. The van der Waals surface area contributed by atoms with Crippen molar-refractivity contribution in [1.82, 2.24) is 0 Å². The first-order valence-electron chi connectivity index (χ1n) is 6.39. The predicted octanol–water partition coefficient (Wildman–Crippen LogP) is 3.00. The van der Waals surface area contributed by atoms with E-state index in [2.05, 4.69) is 29.3 Å². The molecule has 1 aliphatic carbocycles. The van der Waals surface area contributed by atoms with Crippen molar-refractivity contribution < 1.29 is 5.11 Å². The van der Waals surface area contributed by atoms with E-state index in [0.29, 0.717) is 18.4 Å². The minimum Gasteiger partial charge on any atom is -0.396 e. The molecular weight excluding hydrogens is 210 g/mol. The summed E-state index contributed by atoms with van der Waals surface area (Å²) in [5.74, 6) is 1.15. The zero-order valence-corrected chi connectivity index (χ0v) is 10.7. The third-order valence-corrected chi connectivity index (χ3v) is 3.93. The maximum absolute atomic E-state index is 9.16. The van der Waals surface area contributed by atoms with Crippen LogP contribution in [-0.2, 0) is 0 Å². The summed E-state index contributed by atoms with van der Waals surface area (Å²) >= 11 is 0. The molecule has 1 aromatic carbocycles. The Morgan fingerprint density at radius 3 is 2.53 bits per heavy atom. The van der Waals surface area contributed by atoms with Gasteiger partial charge < -0.3 is 5.11 Å². The fraction of sp³-hybridized carbons (Fsp3) is 0.533. The van der Waals surface area contributed by atoms with Crippen molar-refractivity contribution in [2.75, 3.05) is 13.7 Å². The first-order chi connectivity index (χ1) is 8.24. The van der Waals surface area contributed by atoms with Gasteiger partial charge in [0.1, 0.15) is 0 Å². The largest absolute Gasteiger partial charge is 0.396 e. The fourth-order valence-electron chi connectivity index (χ4n) is 2.67. The number of aliphatic hydroxyl groups is 1. The minimum atomic E-state index is 0.343. The van der Waals surface area contributed by atoms with Crippen LogP contribution in [0.2, 0.25) is 0 Å². The summed E-state index contributed by atoms with van der Waals surface area (Å²) in [6.45, 7) is 2.38. The molecular formula is C15H21NO. The molecule has 0 amide bonds. The molecule has 92 valence electrons. The van der Waals surface area contributed by atoms with Gasteiger partial charge >= 0.3 is 0 Å². The van der Waals surface area contributed by atoms with Crippen LogP contribution in [0.25, 0.3) is 0 Å². The Labute approximate surface area is 103 Å². The van der Waals surface area contributed by atoms with Crippen LogP contribution in [0.4, 0.5) is 0 Å². The van der Waals surface area contributed by atoms with Crippen molar-refractivity contribution >= 4 is 5.71 Å². The van der Waals surface area contributed by atoms with Gasteiger partial charge in [0.25, 0.3) is 0 Å². The van der Waals surface area contributed by atoms with Crippen LogP contribution >= 0.6 is 0 Å². The van der Waals surface area contributed by atoms with Gasteiger partial charge in [-0.05, 0) is 49.1 Å². The summed E-state index contributed by atoms with van der Waals surface area (Å²) < 4.78 is 0. The highest BCUT2D eigenvalue weighted by Crippen LogP contribution is 2.37. The van der Waals surface area contributed by atoms with Crippen LogP contribution in [0.3, 0.4) is 0 Å². The number of nitrogens with zero attached hydrogens (tertiary/aromatic N) is 1. The molecule has 1 aliphatic rings. The standard InChI is InChI=1S/C15H21NO/c1-11(16-2)13-5-7-14(8-6-13)15-4-3-12(9-15)10-17/h5-8,12,15,17H,3-4,9-10H2,1-2H3/b16-11+/t12-,15+/m0/s1. The third kappa shape index (κ3) is 2.75. The van der Waals surface area contributed by atoms with Crippen molar-refractivity contribution in [1.29, 1.82) is 0 Å². The van der Waals surface area contributed by atoms with Gasteiger partial charge in [0, 0.05) is 19.4 Å². The Morgan fingerprint density at radius 1 is 1.29 bits per heavy atom. The van der Waals surface area contributed by atoms with Crippen LogP contribution in [0.15, 0.2) is 29.3 Å². The van der Waals surface area contributed by atoms with E-state index in [-0.39, 0.29) is 0 Å². The number of hydrogen-bond donors (Lipinski definition) is 1. The second-order valence-corrected chi connectivity index (χ2v) is 4.99. The molecule has 0 heterocycles. The lowest BCUT2D eigenvalue weighted by Gasteiger charge is -2.11. The van der Waals surface area contributed by atoms with E-state index in [9.17, 15) is 0 Å². The summed E-state index contributed by atoms with van der Waals surface area (Å²) in [6, 6.07) is 8.75. The molecule has 0 bridgehead atoms. The van der Waals surface area contributed by atoms with E-state index in [0.717, 1.165) is 12.1 Å². The molecule has 2 heteroatoms. The molecule has 0 radical (unpaired) electrons. The fourth-order valence-corrected chi connectivity index (χ4v) is 2.67. The smallest absolute Gasteiger partial charge is 0.0459 e. The summed E-state index contributed by atoms with van der Waals surface area (Å²) in [6.07, 6.45) is 3.51. The quantitative estimate of drug-likeness (QED) is 0.797. The van der Waals surface area contributed by atoms with Gasteiger partial charge in [-0.1, -0.05) is 24.3 Å². The van der Waals surface area contributed by atoms with Crippen molar-refractivity contribution in [2.45, 2.75) is 32.1 Å². The van der Waals surface area contributed by atoms with Crippen LogP contribution in [0.5, 0.6) is 0 Å². The van der Waals surface area contributed by atoms with Crippen LogP contribution < -0.4 is 0 Å². The van der Waals surface area contributed by atoms with Crippen molar-refractivity contribution in [2.24, 2.45) is 10.9 Å². The number of rotatable bonds is 3. The molecule has 1 fully saturated rings. The van der Waals surface area contributed by atoms with Crippen molar-refractivity contribution in [3.8, 4) is 0 Å². The molecule has 0 unspecified atom stereocenters. The van der Waals surface area contributed by atoms with Crippen LogP contribution in [0, 0.1) is 5.92 Å². The lowest BCUT2D eigenvalue weighted by Crippen LogP contribution is -2.01. The summed E-state index contributed by atoms with van der Waals surface area (Å²) in [5.41, 5.74) is 3.69. The molecule has 1 aromatic rings. The number of aliphatic hydroxyl groups excluding tert-OH is 1. The second-order valence-electron chi connectivity index (χ2n) is 4.99. The molecule has 0 spiro atoms.